The van der Waals surface area contributed by atoms with Crippen molar-refractivity contribution in [3.8, 4) is 0 Å². The molecule has 0 spiro atoms. The molecule has 0 aromatic rings. The van der Waals surface area contributed by atoms with Gasteiger partial charge in [-0.3, -0.25) is 4.21 Å². The van der Waals surface area contributed by atoms with Crippen molar-refractivity contribution in [1.82, 2.24) is 0 Å². The van der Waals surface area contributed by atoms with Gasteiger partial charge in [0, 0.05) is 0 Å². The van der Waals surface area contributed by atoms with Gasteiger partial charge in [0.25, 0.3) is 0 Å². The van der Waals surface area contributed by atoms with Crippen molar-refractivity contribution in [2.24, 2.45) is 4.99 Å². The zero-order valence-corrected chi connectivity index (χ0v) is 4.48. The minimum atomic E-state index is -0.860. The van der Waals surface area contributed by atoms with Crippen molar-refractivity contribution in [2.45, 2.75) is 0 Å². The van der Waals surface area contributed by atoms with E-state index in [0.717, 1.165) is 0 Å². The van der Waals surface area contributed by atoms with Crippen LogP contribution in [0.3, 0.4) is 0 Å². The molecule has 0 bridgehead atoms. The highest BCUT2D eigenvalue weighted by molar-refractivity contribution is 7.84. The van der Waals surface area contributed by atoms with Crippen molar-refractivity contribution < 1.29 is 8.95 Å². The molecule has 0 fully saturated rings. The third-order valence-corrected chi connectivity index (χ3v) is 1.40. The Morgan fingerprint density at radius 1 is 1.86 bits per heavy atom. The van der Waals surface area contributed by atoms with Crippen molar-refractivity contribution in [2.75, 3.05) is 11.8 Å². The van der Waals surface area contributed by atoms with Gasteiger partial charge in [-0.1, -0.05) is 0 Å². The Balaban J connectivity index is 2.47. The molecule has 7 heavy (non-hydrogen) atoms. The summed E-state index contributed by atoms with van der Waals surface area (Å²) in [5.41, 5.74) is 0. The van der Waals surface area contributed by atoms with Gasteiger partial charge >= 0.3 is 0 Å². The summed E-state index contributed by atoms with van der Waals surface area (Å²) >= 11 is 0. The molecule has 0 radical (unpaired) electrons. The molecular formula is C3H5NO2S. The van der Waals surface area contributed by atoms with E-state index in [1.807, 2.05) is 0 Å². The highest BCUT2D eigenvalue weighted by atomic mass is 32.2. The zero-order chi connectivity index (χ0) is 5.11. The summed E-state index contributed by atoms with van der Waals surface area (Å²) in [5, 5.41) is 0. The number of hydrogen-bond donors (Lipinski definition) is 0. The second-order valence-electron chi connectivity index (χ2n) is 1.14. The highest BCUT2D eigenvalue weighted by Gasteiger charge is 1.99. The molecule has 0 saturated heterocycles. The van der Waals surface area contributed by atoms with E-state index in [2.05, 4.69) is 9.73 Å². The van der Waals surface area contributed by atoms with Crippen LogP contribution in [0.1, 0.15) is 0 Å². The Morgan fingerprint density at radius 3 is 3.00 bits per heavy atom. The molecule has 0 aromatic heterocycles. The molecule has 4 heteroatoms. The maximum Gasteiger partial charge on any atom is 0.171 e. The average molecular weight is 119 g/mol. The molecule has 1 unspecified atom stereocenters. The summed E-state index contributed by atoms with van der Waals surface area (Å²) in [6.45, 7) is 0. The molecule has 1 rings (SSSR count). The van der Waals surface area contributed by atoms with Gasteiger partial charge in [-0.25, -0.2) is 4.99 Å². The third kappa shape index (κ3) is 1.27. The van der Waals surface area contributed by atoms with Crippen LogP contribution < -0.4 is 0 Å². The smallest absolute Gasteiger partial charge is 0.171 e. The van der Waals surface area contributed by atoms with Crippen LogP contribution in [0, 0.1) is 0 Å². The topological polar surface area (TPSA) is 38.7 Å². The van der Waals surface area contributed by atoms with E-state index < -0.39 is 10.8 Å². The molecule has 40 valence electrons. The molecule has 0 aromatic carbocycles. The van der Waals surface area contributed by atoms with Gasteiger partial charge in [0.05, 0.1) is 10.8 Å². The lowest BCUT2D eigenvalue weighted by Crippen LogP contribution is -2.09. The standard InChI is InChI=1S/C3H5NO2S/c5-7-2-4-1-6-3-7/h1H,2-3H2. The van der Waals surface area contributed by atoms with Crippen LogP contribution in [-0.2, 0) is 15.5 Å². The Hall–Kier alpha value is -0.380. The zero-order valence-electron chi connectivity index (χ0n) is 3.66. The van der Waals surface area contributed by atoms with Gasteiger partial charge < -0.3 is 4.74 Å². The predicted octanol–water partition coefficient (Wildman–Crippen LogP) is -0.291. The first kappa shape index (κ1) is 4.77. The van der Waals surface area contributed by atoms with Gasteiger partial charge in [-0.2, -0.15) is 0 Å². The average Bonchev–Trinajstić information content (AvgIpc) is 1.69. The monoisotopic (exact) mass is 119 g/mol. The van der Waals surface area contributed by atoms with Crippen LogP contribution in [0.2, 0.25) is 0 Å². The first-order valence-corrected chi connectivity index (χ1v) is 3.33. The van der Waals surface area contributed by atoms with Gasteiger partial charge in [0.2, 0.25) is 0 Å². The third-order valence-electron chi connectivity index (χ3n) is 0.567. The molecule has 1 aliphatic rings. The Kier molecular flexibility index (Phi) is 1.41. The second-order valence-corrected chi connectivity index (χ2v) is 2.51. The number of rotatable bonds is 0. The van der Waals surface area contributed by atoms with Gasteiger partial charge in [0.1, 0.15) is 5.88 Å². The molecule has 0 amide bonds. The first-order chi connectivity index (χ1) is 3.39. The molecule has 0 saturated carbocycles. The van der Waals surface area contributed by atoms with Crippen LogP contribution in [0.15, 0.2) is 4.99 Å². The van der Waals surface area contributed by atoms with E-state index in [1.54, 1.807) is 0 Å². The lowest BCUT2D eigenvalue weighted by atomic mass is 11.3. The fourth-order valence-corrected chi connectivity index (χ4v) is 0.824. The Bertz CT molecular complexity index is 112. The molecule has 1 heterocycles. The first-order valence-electron chi connectivity index (χ1n) is 1.84. The SMILES string of the molecule is O=S1CN=COC1. The summed E-state index contributed by atoms with van der Waals surface area (Å²) in [7, 11) is -0.860. The van der Waals surface area contributed by atoms with Crippen molar-refractivity contribution in [3.63, 3.8) is 0 Å². The Labute approximate surface area is 43.8 Å². The molecule has 3 nitrogen and oxygen atoms in total. The molecule has 0 aliphatic carbocycles. The van der Waals surface area contributed by atoms with Crippen LogP contribution in [0.5, 0.6) is 0 Å². The maximum atomic E-state index is 10.3. The van der Waals surface area contributed by atoms with E-state index in [1.165, 1.54) is 6.40 Å². The Morgan fingerprint density at radius 2 is 2.71 bits per heavy atom. The van der Waals surface area contributed by atoms with Crippen LogP contribution in [-0.4, -0.2) is 22.4 Å². The normalized spacial score (nSPS) is 29.4. The van der Waals surface area contributed by atoms with E-state index in [9.17, 15) is 4.21 Å². The lowest BCUT2D eigenvalue weighted by molar-refractivity contribution is 0.385. The van der Waals surface area contributed by atoms with Crippen molar-refractivity contribution >= 4 is 17.2 Å². The van der Waals surface area contributed by atoms with E-state index in [0.29, 0.717) is 11.8 Å². The summed E-state index contributed by atoms with van der Waals surface area (Å²) in [6.07, 6.45) is 1.33. The van der Waals surface area contributed by atoms with E-state index >= 15 is 0 Å². The molecule has 1 atom stereocenters. The van der Waals surface area contributed by atoms with Crippen molar-refractivity contribution in [3.05, 3.63) is 0 Å². The fraction of sp³-hybridized carbons (Fsp3) is 0.667. The highest BCUT2D eigenvalue weighted by Crippen LogP contribution is 1.88. The van der Waals surface area contributed by atoms with Gasteiger partial charge in [0.15, 0.2) is 12.3 Å². The number of hydrogen-bond acceptors (Lipinski definition) is 3. The summed E-state index contributed by atoms with van der Waals surface area (Å²) < 4.78 is 14.9. The van der Waals surface area contributed by atoms with E-state index in [-0.39, 0.29) is 0 Å². The second kappa shape index (κ2) is 2.07. The lowest BCUT2D eigenvalue weighted by Gasteiger charge is -2.01. The predicted molar refractivity (Wildman–Crippen MR) is 27.5 cm³/mol. The number of ether oxygens (including phenoxy) is 1. The summed E-state index contributed by atoms with van der Waals surface area (Å²) in [6, 6.07) is 0. The quantitative estimate of drug-likeness (QED) is 0.439. The van der Waals surface area contributed by atoms with Crippen LogP contribution >= 0.6 is 0 Å². The molecule has 1 aliphatic heterocycles. The maximum absolute atomic E-state index is 10.3. The molecular weight excluding hydrogens is 114 g/mol. The van der Waals surface area contributed by atoms with Crippen LogP contribution in [0.25, 0.3) is 0 Å². The van der Waals surface area contributed by atoms with Crippen molar-refractivity contribution in [1.29, 1.82) is 0 Å². The fourth-order valence-electron chi connectivity index (χ4n) is 0.310. The van der Waals surface area contributed by atoms with Gasteiger partial charge in [-0.15, -0.1) is 0 Å². The van der Waals surface area contributed by atoms with E-state index in [4.69, 9.17) is 0 Å². The summed E-state index contributed by atoms with van der Waals surface area (Å²) in [5.74, 6) is 0.712. The number of aliphatic imine (C=N–C) groups is 1. The number of nitrogens with zero attached hydrogens (tertiary/aromatic N) is 1. The summed E-state index contributed by atoms with van der Waals surface area (Å²) in [4.78, 5) is 3.61. The molecule has 0 N–H and O–H groups in total. The van der Waals surface area contributed by atoms with Gasteiger partial charge in [-0.05, 0) is 0 Å². The minimum Gasteiger partial charge on any atom is -0.470 e. The minimum absolute atomic E-state index is 0.309. The van der Waals surface area contributed by atoms with Crippen LogP contribution in [0.4, 0.5) is 0 Å². The largest absolute Gasteiger partial charge is 0.470 e.